The van der Waals surface area contributed by atoms with Gasteiger partial charge in [-0.15, -0.1) is 12.4 Å². The van der Waals surface area contributed by atoms with Crippen molar-refractivity contribution in [3.05, 3.63) is 34.9 Å². The molecule has 1 fully saturated rings. The molecule has 1 N–H and O–H groups in total. The molecule has 1 aromatic rings. The molecule has 2 nitrogen and oxygen atoms in total. The highest BCUT2D eigenvalue weighted by atomic mass is 35.5. The zero-order valence-electron chi connectivity index (χ0n) is 9.28. The van der Waals surface area contributed by atoms with Gasteiger partial charge in [0.15, 0.2) is 0 Å². The van der Waals surface area contributed by atoms with Gasteiger partial charge >= 0.3 is 0 Å². The third-order valence-electron chi connectivity index (χ3n) is 2.59. The standard InChI is InChI=1S/C12H16ClNO.ClH/c1-9-7-14-12(15-8-9)6-10-3-2-4-11(13)5-10;/h2-5,9,12,14H,6-8H2,1H3;1H. The van der Waals surface area contributed by atoms with Crippen LogP contribution in [0, 0.1) is 5.92 Å². The lowest BCUT2D eigenvalue weighted by atomic mass is 10.1. The van der Waals surface area contributed by atoms with Gasteiger partial charge in [0.25, 0.3) is 0 Å². The first kappa shape index (κ1) is 13.8. The van der Waals surface area contributed by atoms with Crippen LogP contribution in [0.25, 0.3) is 0 Å². The second-order valence-electron chi connectivity index (χ2n) is 4.17. The molecule has 2 atom stereocenters. The van der Waals surface area contributed by atoms with Crippen LogP contribution in [0.1, 0.15) is 12.5 Å². The smallest absolute Gasteiger partial charge is 0.112 e. The quantitative estimate of drug-likeness (QED) is 0.884. The zero-order valence-corrected chi connectivity index (χ0v) is 10.9. The van der Waals surface area contributed by atoms with E-state index in [1.165, 1.54) is 5.56 Å². The molecule has 4 heteroatoms. The fourth-order valence-electron chi connectivity index (χ4n) is 1.74. The average Bonchev–Trinajstić information content (AvgIpc) is 2.22. The molecule has 0 amide bonds. The number of benzene rings is 1. The molecule has 2 unspecified atom stereocenters. The molecule has 0 radical (unpaired) electrons. The van der Waals surface area contributed by atoms with Crippen LogP contribution in [-0.4, -0.2) is 19.4 Å². The number of ether oxygens (including phenoxy) is 1. The van der Waals surface area contributed by atoms with Crippen LogP contribution in [0.15, 0.2) is 24.3 Å². The summed E-state index contributed by atoms with van der Waals surface area (Å²) in [6.07, 6.45) is 1.02. The van der Waals surface area contributed by atoms with Crippen molar-refractivity contribution in [2.24, 2.45) is 5.92 Å². The summed E-state index contributed by atoms with van der Waals surface area (Å²) < 4.78 is 5.68. The highest BCUT2D eigenvalue weighted by Crippen LogP contribution is 2.14. The Bertz CT molecular complexity index is 325. The summed E-state index contributed by atoms with van der Waals surface area (Å²) in [4.78, 5) is 0. The maximum atomic E-state index is 5.92. The van der Waals surface area contributed by atoms with Crippen LogP contribution in [0.5, 0.6) is 0 Å². The number of halogens is 2. The molecule has 16 heavy (non-hydrogen) atoms. The van der Waals surface area contributed by atoms with E-state index in [0.29, 0.717) is 5.92 Å². The monoisotopic (exact) mass is 261 g/mol. The van der Waals surface area contributed by atoms with E-state index in [9.17, 15) is 0 Å². The Kier molecular flexibility index (Phi) is 5.56. The first-order valence-corrected chi connectivity index (χ1v) is 5.71. The molecule has 1 saturated heterocycles. The van der Waals surface area contributed by atoms with Crippen LogP contribution in [0.4, 0.5) is 0 Å². The topological polar surface area (TPSA) is 21.3 Å². The van der Waals surface area contributed by atoms with Crippen molar-refractivity contribution in [1.82, 2.24) is 5.32 Å². The lowest BCUT2D eigenvalue weighted by molar-refractivity contribution is -0.0228. The molecule has 0 bridgehead atoms. The fourth-order valence-corrected chi connectivity index (χ4v) is 1.95. The largest absolute Gasteiger partial charge is 0.363 e. The summed E-state index contributed by atoms with van der Waals surface area (Å²) in [7, 11) is 0. The number of hydrogen-bond donors (Lipinski definition) is 1. The lowest BCUT2D eigenvalue weighted by Crippen LogP contribution is -2.43. The van der Waals surface area contributed by atoms with Crippen LogP contribution in [-0.2, 0) is 11.2 Å². The molecule has 1 heterocycles. The Morgan fingerprint density at radius 3 is 2.94 bits per heavy atom. The number of hydrogen-bond acceptors (Lipinski definition) is 2. The van der Waals surface area contributed by atoms with Gasteiger partial charge in [-0.2, -0.15) is 0 Å². The highest BCUT2D eigenvalue weighted by molar-refractivity contribution is 6.30. The van der Waals surface area contributed by atoms with Crippen LogP contribution in [0.2, 0.25) is 5.02 Å². The van der Waals surface area contributed by atoms with Crippen molar-refractivity contribution in [3.8, 4) is 0 Å². The van der Waals surface area contributed by atoms with E-state index < -0.39 is 0 Å². The maximum absolute atomic E-state index is 5.92. The van der Waals surface area contributed by atoms with Crippen molar-refractivity contribution >= 4 is 24.0 Å². The second kappa shape index (κ2) is 6.45. The van der Waals surface area contributed by atoms with Gasteiger partial charge in [0.2, 0.25) is 0 Å². The third-order valence-corrected chi connectivity index (χ3v) is 2.82. The normalized spacial score (nSPS) is 24.9. The van der Waals surface area contributed by atoms with Crippen LogP contribution < -0.4 is 5.32 Å². The molecule has 0 spiro atoms. The second-order valence-corrected chi connectivity index (χ2v) is 4.61. The zero-order chi connectivity index (χ0) is 10.7. The summed E-state index contributed by atoms with van der Waals surface area (Å²) in [5.41, 5.74) is 1.22. The Morgan fingerprint density at radius 2 is 2.31 bits per heavy atom. The maximum Gasteiger partial charge on any atom is 0.112 e. The van der Waals surface area contributed by atoms with Crippen molar-refractivity contribution in [1.29, 1.82) is 0 Å². The van der Waals surface area contributed by atoms with Gasteiger partial charge in [0, 0.05) is 18.0 Å². The summed E-state index contributed by atoms with van der Waals surface area (Å²) in [6, 6.07) is 7.94. The summed E-state index contributed by atoms with van der Waals surface area (Å²) in [6.45, 7) is 4.06. The van der Waals surface area contributed by atoms with Crippen molar-refractivity contribution in [2.75, 3.05) is 13.2 Å². The van der Waals surface area contributed by atoms with E-state index in [1.54, 1.807) is 0 Å². The van der Waals surface area contributed by atoms with Crippen molar-refractivity contribution in [3.63, 3.8) is 0 Å². The molecule has 1 aliphatic rings. The molecule has 1 aromatic carbocycles. The SMILES string of the molecule is CC1CNC(Cc2cccc(Cl)c2)OC1.Cl. The van der Waals surface area contributed by atoms with Gasteiger partial charge < -0.3 is 4.74 Å². The fraction of sp³-hybridized carbons (Fsp3) is 0.500. The summed E-state index contributed by atoms with van der Waals surface area (Å²) in [5, 5.41) is 4.16. The van der Waals surface area contributed by atoms with Crippen molar-refractivity contribution in [2.45, 2.75) is 19.6 Å². The molecular formula is C12H17Cl2NO. The summed E-state index contributed by atoms with van der Waals surface area (Å²) >= 11 is 5.92. The van der Waals surface area contributed by atoms with Crippen LogP contribution in [0.3, 0.4) is 0 Å². The number of rotatable bonds is 2. The predicted octanol–water partition coefficient (Wildman–Crippen LogP) is 2.89. The first-order chi connectivity index (χ1) is 7.24. The van der Waals surface area contributed by atoms with Gasteiger partial charge in [-0.05, 0) is 23.6 Å². The van der Waals surface area contributed by atoms with Crippen molar-refractivity contribution < 1.29 is 4.74 Å². The molecule has 0 aliphatic carbocycles. The van der Waals surface area contributed by atoms with E-state index in [2.05, 4.69) is 18.3 Å². The Labute approximate surface area is 108 Å². The molecule has 2 rings (SSSR count). The molecule has 0 aromatic heterocycles. The number of nitrogens with one attached hydrogen (secondary N) is 1. The van der Waals surface area contributed by atoms with Gasteiger partial charge in [0.05, 0.1) is 6.61 Å². The molecule has 0 saturated carbocycles. The average molecular weight is 262 g/mol. The van der Waals surface area contributed by atoms with E-state index in [0.717, 1.165) is 24.6 Å². The van der Waals surface area contributed by atoms with Gasteiger partial charge in [0.1, 0.15) is 6.23 Å². The van der Waals surface area contributed by atoms with Gasteiger partial charge in [-0.1, -0.05) is 30.7 Å². The van der Waals surface area contributed by atoms with Gasteiger partial charge in [-0.3, -0.25) is 5.32 Å². The minimum absolute atomic E-state index is 0. The Hall–Kier alpha value is -0.280. The van der Waals surface area contributed by atoms with E-state index in [1.807, 2.05) is 18.2 Å². The molecule has 1 aliphatic heterocycles. The third kappa shape index (κ3) is 3.95. The first-order valence-electron chi connectivity index (χ1n) is 5.33. The van der Waals surface area contributed by atoms with Gasteiger partial charge in [-0.25, -0.2) is 0 Å². The minimum atomic E-state index is 0. The molecule has 90 valence electrons. The predicted molar refractivity (Wildman–Crippen MR) is 69.3 cm³/mol. The van der Waals surface area contributed by atoms with E-state index in [4.69, 9.17) is 16.3 Å². The Morgan fingerprint density at radius 1 is 1.50 bits per heavy atom. The molecular weight excluding hydrogens is 245 g/mol. The highest BCUT2D eigenvalue weighted by Gasteiger charge is 2.17. The Balaban J connectivity index is 0.00000128. The summed E-state index contributed by atoms with van der Waals surface area (Å²) in [5.74, 6) is 0.612. The lowest BCUT2D eigenvalue weighted by Gasteiger charge is -2.28. The minimum Gasteiger partial charge on any atom is -0.363 e. The van der Waals surface area contributed by atoms with E-state index >= 15 is 0 Å². The van der Waals surface area contributed by atoms with E-state index in [-0.39, 0.29) is 18.6 Å². The van der Waals surface area contributed by atoms with Crippen LogP contribution >= 0.6 is 24.0 Å².